The Morgan fingerprint density at radius 3 is 2.74 bits per heavy atom. The van der Waals surface area contributed by atoms with Gasteiger partial charge >= 0.3 is 0 Å². The van der Waals surface area contributed by atoms with Gasteiger partial charge in [0.15, 0.2) is 0 Å². The molecule has 2 heterocycles. The SMILES string of the molecule is CC1CCN(CCCNS(=O)(=O)c2ccc3c(c2)NC(=O)C[C@H](C)S3)CC1. The second-order valence-corrected chi connectivity index (χ2v) is 10.9. The molecule has 6 nitrogen and oxygen atoms in total. The third-order valence-electron chi connectivity index (χ3n) is 5.16. The molecule has 1 aromatic carbocycles. The van der Waals surface area contributed by atoms with Gasteiger partial charge in [-0.25, -0.2) is 13.1 Å². The maximum absolute atomic E-state index is 12.6. The maximum Gasteiger partial charge on any atom is 0.240 e. The van der Waals surface area contributed by atoms with E-state index in [0.717, 1.165) is 36.9 Å². The maximum atomic E-state index is 12.6. The van der Waals surface area contributed by atoms with Gasteiger partial charge in [0, 0.05) is 23.1 Å². The van der Waals surface area contributed by atoms with Crippen LogP contribution in [0.5, 0.6) is 0 Å². The summed E-state index contributed by atoms with van der Waals surface area (Å²) in [4.78, 5) is 15.4. The van der Waals surface area contributed by atoms with Crippen LogP contribution in [0.3, 0.4) is 0 Å². The first kappa shape index (κ1) is 20.6. The number of fused-ring (bicyclic) bond motifs is 1. The molecule has 150 valence electrons. The molecule has 0 saturated carbocycles. The van der Waals surface area contributed by atoms with Gasteiger partial charge in [-0.15, -0.1) is 11.8 Å². The number of nitrogens with one attached hydrogen (secondary N) is 2. The highest BCUT2D eigenvalue weighted by molar-refractivity contribution is 8.00. The van der Waals surface area contributed by atoms with E-state index in [4.69, 9.17) is 0 Å². The predicted molar refractivity (Wildman–Crippen MR) is 110 cm³/mol. The van der Waals surface area contributed by atoms with E-state index in [1.165, 1.54) is 12.8 Å². The molecule has 1 saturated heterocycles. The molecule has 27 heavy (non-hydrogen) atoms. The summed E-state index contributed by atoms with van der Waals surface area (Å²) in [5.74, 6) is 0.724. The number of hydrogen-bond donors (Lipinski definition) is 2. The normalized spacial score (nSPS) is 22.1. The van der Waals surface area contributed by atoms with Gasteiger partial charge in [0.05, 0.1) is 10.6 Å². The summed E-state index contributed by atoms with van der Waals surface area (Å²) in [7, 11) is -3.58. The molecule has 8 heteroatoms. The molecular formula is C19H29N3O3S2. The van der Waals surface area contributed by atoms with Crippen molar-refractivity contribution in [2.24, 2.45) is 5.92 Å². The standard InChI is InChI=1S/C19H29N3O3S2/c1-14-6-10-22(11-7-14)9-3-8-20-27(24,25)16-4-5-18-17(13-16)21-19(23)12-15(2)26-18/h4-5,13-15,20H,3,6-12H2,1-2H3,(H,21,23)/t15-/m0/s1. The second kappa shape index (κ2) is 8.94. The van der Waals surface area contributed by atoms with E-state index in [-0.39, 0.29) is 16.1 Å². The molecule has 3 rings (SSSR count). The van der Waals surface area contributed by atoms with Crippen molar-refractivity contribution < 1.29 is 13.2 Å². The Labute approximate surface area is 166 Å². The van der Waals surface area contributed by atoms with Crippen LogP contribution in [0.4, 0.5) is 5.69 Å². The molecule has 1 fully saturated rings. The van der Waals surface area contributed by atoms with Crippen LogP contribution in [-0.4, -0.2) is 50.7 Å². The van der Waals surface area contributed by atoms with Crippen LogP contribution < -0.4 is 10.0 Å². The Morgan fingerprint density at radius 2 is 2.00 bits per heavy atom. The van der Waals surface area contributed by atoms with Gasteiger partial charge in [0.2, 0.25) is 15.9 Å². The van der Waals surface area contributed by atoms with Gasteiger partial charge in [-0.2, -0.15) is 0 Å². The van der Waals surface area contributed by atoms with E-state index in [1.54, 1.807) is 30.0 Å². The van der Waals surface area contributed by atoms with Gasteiger partial charge in [-0.05, 0) is 63.0 Å². The molecule has 0 aromatic heterocycles. The summed E-state index contributed by atoms with van der Waals surface area (Å²) in [5.41, 5.74) is 0.583. The number of carbonyl (C=O) groups is 1. The summed E-state index contributed by atoms with van der Waals surface area (Å²) in [6.45, 7) is 7.83. The number of hydrogen-bond acceptors (Lipinski definition) is 5. The molecule has 2 aliphatic heterocycles. The first-order valence-corrected chi connectivity index (χ1v) is 12.0. The van der Waals surface area contributed by atoms with Crippen LogP contribution in [0.15, 0.2) is 28.0 Å². The largest absolute Gasteiger partial charge is 0.325 e. The van der Waals surface area contributed by atoms with Crippen molar-refractivity contribution in [1.82, 2.24) is 9.62 Å². The zero-order valence-corrected chi connectivity index (χ0v) is 17.7. The van der Waals surface area contributed by atoms with Crippen molar-refractivity contribution in [2.45, 2.75) is 54.6 Å². The Kier molecular flexibility index (Phi) is 6.83. The molecule has 2 aliphatic rings. The number of anilines is 1. The van der Waals surface area contributed by atoms with Gasteiger partial charge in [0.1, 0.15) is 0 Å². The number of carbonyl (C=O) groups excluding carboxylic acids is 1. The average Bonchev–Trinajstić information content (AvgIpc) is 2.75. The molecule has 0 radical (unpaired) electrons. The summed E-state index contributed by atoms with van der Waals surface area (Å²) in [6, 6.07) is 4.96. The van der Waals surface area contributed by atoms with Crippen LogP contribution in [-0.2, 0) is 14.8 Å². The average molecular weight is 412 g/mol. The Morgan fingerprint density at radius 1 is 1.26 bits per heavy atom. The molecular weight excluding hydrogens is 382 g/mol. The minimum absolute atomic E-state index is 0.0768. The first-order chi connectivity index (χ1) is 12.8. The summed E-state index contributed by atoms with van der Waals surface area (Å²) < 4.78 is 27.9. The highest BCUT2D eigenvalue weighted by Gasteiger charge is 2.22. The van der Waals surface area contributed by atoms with Crippen molar-refractivity contribution >= 4 is 33.4 Å². The fourth-order valence-electron chi connectivity index (χ4n) is 3.48. The molecule has 2 N–H and O–H groups in total. The first-order valence-electron chi connectivity index (χ1n) is 9.66. The molecule has 1 atom stereocenters. The molecule has 0 bridgehead atoms. The minimum atomic E-state index is -3.58. The number of piperidine rings is 1. The lowest BCUT2D eigenvalue weighted by molar-refractivity contribution is -0.116. The zero-order chi connectivity index (χ0) is 19.4. The number of benzene rings is 1. The number of sulfonamides is 1. The van der Waals surface area contributed by atoms with Crippen LogP contribution >= 0.6 is 11.8 Å². The molecule has 1 amide bonds. The van der Waals surface area contributed by atoms with E-state index in [1.807, 2.05) is 6.92 Å². The van der Waals surface area contributed by atoms with Gasteiger partial charge in [-0.1, -0.05) is 13.8 Å². The van der Waals surface area contributed by atoms with Crippen molar-refractivity contribution in [3.05, 3.63) is 18.2 Å². The highest BCUT2D eigenvalue weighted by atomic mass is 32.2. The Bertz CT molecular complexity index is 774. The summed E-state index contributed by atoms with van der Waals surface area (Å²) >= 11 is 1.59. The van der Waals surface area contributed by atoms with E-state index >= 15 is 0 Å². The number of likely N-dealkylation sites (tertiary alicyclic amines) is 1. The van der Waals surface area contributed by atoms with Crippen LogP contribution in [0.1, 0.15) is 39.5 Å². The fraction of sp³-hybridized carbons (Fsp3) is 0.632. The minimum Gasteiger partial charge on any atom is -0.325 e. The van der Waals surface area contributed by atoms with Gasteiger partial charge in [0.25, 0.3) is 0 Å². The Hall–Kier alpha value is -1.09. The quantitative estimate of drug-likeness (QED) is 0.704. The third kappa shape index (κ3) is 5.70. The molecule has 0 aliphatic carbocycles. The topological polar surface area (TPSA) is 78.5 Å². The lowest BCUT2D eigenvalue weighted by atomic mass is 9.99. The van der Waals surface area contributed by atoms with Crippen LogP contribution in [0.25, 0.3) is 0 Å². The summed E-state index contributed by atoms with van der Waals surface area (Å²) in [5, 5.41) is 2.99. The van der Waals surface area contributed by atoms with Crippen LogP contribution in [0.2, 0.25) is 0 Å². The van der Waals surface area contributed by atoms with Gasteiger partial charge < -0.3 is 10.2 Å². The molecule has 0 spiro atoms. The third-order valence-corrected chi connectivity index (χ3v) is 7.79. The van der Waals surface area contributed by atoms with E-state index < -0.39 is 10.0 Å². The highest BCUT2D eigenvalue weighted by Crippen LogP contribution is 2.36. The zero-order valence-electron chi connectivity index (χ0n) is 16.0. The summed E-state index contributed by atoms with van der Waals surface area (Å²) in [6.07, 6.45) is 3.67. The lowest BCUT2D eigenvalue weighted by Gasteiger charge is -2.30. The second-order valence-electron chi connectivity index (χ2n) is 7.61. The number of nitrogens with zero attached hydrogens (tertiary/aromatic N) is 1. The number of amides is 1. The smallest absolute Gasteiger partial charge is 0.240 e. The number of rotatable bonds is 6. The fourth-order valence-corrected chi connectivity index (χ4v) is 5.63. The van der Waals surface area contributed by atoms with E-state index in [2.05, 4.69) is 21.9 Å². The lowest BCUT2D eigenvalue weighted by Crippen LogP contribution is -2.35. The van der Waals surface area contributed by atoms with Crippen LogP contribution in [0, 0.1) is 5.92 Å². The molecule has 0 unspecified atom stereocenters. The number of thioether (sulfide) groups is 1. The van der Waals surface area contributed by atoms with E-state index in [0.29, 0.717) is 18.7 Å². The predicted octanol–water partition coefficient (Wildman–Crippen LogP) is 2.91. The van der Waals surface area contributed by atoms with E-state index in [9.17, 15) is 13.2 Å². The molecule has 1 aromatic rings. The monoisotopic (exact) mass is 411 g/mol. The van der Waals surface area contributed by atoms with Crippen molar-refractivity contribution in [3.8, 4) is 0 Å². The van der Waals surface area contributed by atoms with Crippen molar-refractivity contribution in [2.75, 3.05) is 31.5 Å². The van der Waals surface area contributed by atoms with Gasteiger partial charge in [-0.3, -0.25) is 4.79 Å². The Balaban J connectivity index is 1.56. The van der Waals surface area contributed by atoms with Crippen molar-refractivity contribution in [3.63, 3.8) is 0 Å². The van der Waals surface area contributed by atoms with Crippen molar-refractivity contribution in [1.29, 1.82) is 0 Å².